The molecule has 3 heterocycles. The second-order valence-electron chi connectivity index (χ2n) is 7.73. The van der Waals surface area contributed by atoms with E-state index in [-0.39, 0.29) is 29.2 Å². The highest BCUT2D eigenvalue weighted by molar-refractivity contribution is 6.00. The van der Waals surface area contributed by atoms with Crippen LogP contribution in [0.1, 0.15) is 35.4 Å². The number of nitrogens with one attached hydrogen (secondary N) is 1. The van der Waals surface area contributed by atoms with Gasteiger partial charge in [-0.05, 0) is 31.4 Å². The zero-order chi connectivity index (χ0) is 24.3. The summed E-state index contributed by atoms with van der Waals surface area (Å²) < 4.78 is 42.5. The first-order valence-electron chi connectivity index (χ1n) is 10.6. The Labute approximate surface area is 191 Å². The number of carbonyl (C=O) groups is 1. The lowest BCUT2D eigenvalue weighted by molar-refractivity contribution is -0.274. The number of nitrogens with two attached hydrogens (primary N) is 1. The Hall–Kier alpha value is -3.96. The van der Waals surface area contributed by atoms with Gasteiger partial charge in [0.2, 0.25) is 0 Å². The van der Waals surface area contributed by atoms with Gasteiger partial charge < -0.3 is 20.4 Å². The quantitative estimate of drug-likeness (QED) is 0.522. The SMILES string of the molecule is Nc1ncc(-c2ccccc2OC(F)(F)F)nc1C(=O)Cc1[nH]c(=O)ncc1N1CCCCC1. The topological polar surface area (TPSA) is 127 Å². The molecule has 0 spiro atoms. The number of aromatic nitrogens is 4. The summed E-state index contributed by atoms with van der Waals surface area (Å²) in [5.41, 5.74) is 6.02. The Kier molecular flexibility index (Phi) is 6.48. The molecule has 1 saturated heterocycles. The van der Waals surface area contributed by atoms with Crippen molar-refractivity contribution in [3.8, 4) is 17.0 Å². The molecule has 3 aromatic rings. The third-order valence-electron chi connectivity index (χ3n) is 5.36. The highest BCUT2D eigenvalue weighted by Crippen LogP contribution is 2.33. The number of anilines is 2. The van der Waals surface area contributed by atoms with Crippen molar-refractivity contribution in [1.82, 2.24) is 19.9 Å². The number of hydrogen-bond acceptors (Lipinski definition) is 8. The highest BCUT2D eigenvalue weighted by atomic mass is 19.4. The van der Waals surface area contributed by atoms with Crippen molar-refractivity contribution in [2.24, 2.45) is 0 Å². The molecule has 1 fully saturated rings. The van der Waals surface area contributed by atoms with Crippen LogP contribution in [-0.4, -0.2) is 45.2 Å². The summed E-state index contributed by atoms with van der Waals surface area (Å²) >= 11 is 0. The minimum absolute atomic E-state index is 0.00676. The van der Waals surface area contributed by atoms with Crippen LogP contribution in [0.5, 0.6) is 5.75 Å². The van der Waals surface area contributed by atoms with Gasteiger partial charge in [0.15, 0.2) is 11.6 Å². The highest BCUT2D eigenvalue weighted by Gasteiger charge is 2.32. The lowest BCUT2D eigenvalue weighted by Crippen LogP contribution is -2.32. The van der Waals surface area contributed by atoms with Crippen molar-refractivity contribution in [1.29, 1.82) is 0 Å². The van der Waals surface area contributed by atoms with Crippen LogP contribution in [0.2, 0.25) is 0 Å². The summed E-state index contributed by atoms with van der Waals surface area (Å²) in [6.45, 7) is 1.53. The number of H-pyrrole nitrogens is 1. The van der Waals surface area contributed by atoms with Crippen LogP contribution in [0.15, 0.2) is 41.5 Å². The van der Waals surface area contributed by atoms with Crippen molar-refractivity contribution in [3.63, 3.8) is 0 Å². The van der Waals surface area contributed by atoms with Crippen LogP contribution in [0.25, 0.3) is 11.3 Å². The van der Waals surface area contributed by atoms with E-state index in [1.54, 1.807) is 0 Å². The van der Waals surface area contributed by atoms with E-state index in [1.165, 1.54) is 24.4 Å². The maximum Gasteiger partial charge on any atom is 0.573 e. The molecule has 0 atom stereocenters. The number of carbonyl (C=O) groups excluding carboxylic acids is 1. The van der Waals surface area contributed by atoms with Gasteiger partial charge in [0.25, 0.3) is 0 Å². The number of para-hydroxylation sites is 1. The number of ketones is 1. The molecule has 0 radical (unpaired) electrons. The standard InChI is InChI=1S/C22H21F3N6O3/c23-22(24,25)34-18-7-3-2-6-13(18)15-11-27-20(26)19(29-15)17(32)10-14-16(12-28-21(33)30-14)31-8-4-1-5-9-31/h2-3,6-7,11-12H,1,4-5,8-10H2,(H2,26,27)(H,28,30,33). The Balaban J connectivity index is 1.66. The van der Waals surface area contributed by atoms with E-state index >= 15 is 0 Å². The average molecular weight is 474 g/mol. The number of rotatable bonds is 6. The van der Waals surface area contributed by atoms with Gasteiger partial charge >= 0.3 is 12.1 Å². The van der Waals surface area contributed by atoms with Crippen molar-refractivity contribution in [2.45, 2.75) is 32.0 Å². The van der Waals surface area contributed by atoms with E-state index in [9.17, 15) is 22.8 Å². The number of aromatic amines is 1. The van der Waals surface area contributed by atoms with Crippen molar-refractivity contribution in [2.75, 3.05) is 23.7 Å². The molecule has 0 unspecified atom stereocenters. The van der Waals surface area contributed by atoms with Crippen LogP contribution in [-0.2, 0) is 6.42 Å². The number of hydrogen-bond donors (Lipinski definition) is 2. The van der Waals surface area contributed by atoms with Gasteiger partial charge in [0, 0.05) is 18.7 Å². The van der Waals surface area contributed by atoms with Crippen LogP contribution >= 0.6 is 0 Å². The Bertz CT molecular complexity index is 1260. The van der Waals surface area contributed by atoms with Gasteiger partial charge in [0.05, 0.1) is 35.9 Å². The molecule has 34 heavy (non-hydrogen) atoms. The zero-order valence-electron chi connectivity index (χ0n) is 17.9. The van der Waals surface area contributed by atoms with E-state index in [0.29, 0.717) is 11.4 Å². The first-order valence-corrected chi connectivity index (χ1v) is 10.6. The average Bonchev–Trinajstić information content (AvgIpc) is 2.79. The normalized spacial score (nSPS) is 14.1. The molecule has 1 aliphatic heterocycles. The number of halogens is 3. The fourth-order valence-electron chi connectivity index (χ4n) is 3.83. The molecule has 9 nitrogen and oxygen atoms in total. The summed E-state index contributed by atoms with van der Waals surface area (Å²) in [7, 11) is 0. The number of nitrogen functional groups attached to an aromatic ring is 1. The molecule has 178 valence electrons. The first-order chi connectivity index (χ1) is 16.2. The Morgan fingerprint density at radius 2 is 1.85 bits per heavy atom. The minimum Gasteiger partial charge on any atom is -0.405 e. The third-order valence-corrected chi connectivity index (χ3v) is 5.36. The molecule has 2 aromatic heterocycles. The molecule has 0 aliphatic carbocycles. The summed E-state index contributed by atoms with van der Waals surface area (Å²) in [5, 5.41) is 0. The summed E-state index contributed by atoms with van der Waals surface area (Å²) in [5.74, 6) is -1.22. The molecule has 12 heteroatoms. The van der Waals surface area contributed by atoms with Crippen LogP contribution in [0.3, 0.4) is 0 Å². The lowest BCUT2D eigenvalue weighted by Gasteiger charge is -2.29. The molecule has 0 bridgehead atoms. The number of Topliss-reactive ketones (excluding diaryl/α,β-unsaturated/α-hetero) is 1. The van der Waals surface area contributed by atoms with Crippen molar-refractivity contribution in [3.05, 3.63) is 58.5 Å². The maximum absolute atomic E-state index is 13.1. The van der Waals surface area contributed by atoms with Crippen molar-refractivity contribution >= 4 is 17.3 Å². The molecular formula is C22H21F3N6O3. The molecule has 0 amide bonds. The van der Waals surface area contributed by atoms with E-state index in [2.05, 4.69) is 24.7 Å². The largest absolute Gasteiger partial charge is 0.573 e. The maximum atomic E-state index is 13.1. The number of nitrogens with zero attached hydrogens (tertiary/aromatic N) is 4. The molecular weight excluding hydrogens is 453 g/mol. The third kappa shape index (κ3) is 5.33. The molecule has 3 N–H and O–H groups in total. The number of ether oxygens (including phenoxy) is 1. The summed E-state index contributed by atoms with van der Waals surface area (Å²) in [6, 6.07) is 5.38. The predicted molar refractivity (Wildman–Crippen MR) is 118 cm³/mol. The van der Waals surface area contributed by atoms with Gasteiger partial charge in [-0.25, -0.2) is 14.8 Å². The smallest absolute Gasteiger partial charge is 0.405 e. The van der Waals surface area contributed by atoms with Gasteiger partial charge in [-0.1, -0.05) is 12.1 Å². The first kappa shape index (κ1) is 23.2. The number of alkyl halides is 3. The second-order valence-corrected chi connectivity index (χ2v) is 7.73. The van der Waals surface area contributed by atoms with Crippen LogP contribution in [0, 0.1) is 0 Å². The van der Waals surface area contributed by atoms with Gasteiger partial charge in [0.1, 0.15) is 11.4 Å². The van der Waals surface area contributed by atoms with Gasteiger partial charge in [-0.2, -0.15) is 4.98 Å². The van der Waals surface area contributed by atoms with E-state index in [0.717, 1.165) is 44.6 Å². The lowest BCUT2D eigenvalue weighted by atomic mass is 10.1. The molecule has 0 saturated carbocycles. The molecule has 4 rings (SSSR count). The number of benzene rings is 1. The van der Waals surface area contributed by atoms with Crippen molar-refractivity contribution < 1.29 is 22.7 Å². The van der Waals surface area contributed by atoms with Crippen LogP contribution in [0.4, 0.5) is 24.7 Å². The van der Waals surface area contributed by atoms with E-state index in [1.807, 2.05) is 4.90 Å². The Morgan fingerprint density at radius 1 is 1.12 bits per heavy atom. The fraction of sp³-hybridized carbons (Fsp3) is 0.318. The zero-order valence-corrected chi connectivity index (χ0v) is 17.9. The summed E-state index contributed by atoms with van der Waals surface area (Å²) in [4.78, 5) is 41.5. The minimum atomic E-state index is -4.91. The molecule has 1 aliphatic rings. The summed E-state index contributed by atoms with van der Waals surface area (Å²) in [6.07, 6.45) is 0.501. The second kappa shape index (κ2) is 9.49. The number of piperidine rings is 1. The van der Waals surface area contributed by atoms with E-state index in [4.69, 9.17) is 5.73 Å². The van der Waals surface area contributed by atoms with Crippen LogP contribution < -0.4 is 21.1 Å². The van der Waals surface area contributed by atoms with E-state index < -0.39 is 23.6 Å². The molecule has 1 aromatic carbocycles. The Morgan fingerprint density at radius 3 is 2.59 bits per heavy atom. The van der Waals surface area contributed by atoms with Gasteiger partial charge in [-0.3, -0.25) is 4.79 Å². The monoisotopic (exact) mass is 474 g/mol. The predicted octanol–water partition coefficient (Wildman–Crippen LogP) is 3.12. The van der Waals surface area contributed by atoms with Gasteiger partial charge in [-0.15, -0.1) is 13.2 Å². The fourth-order valence-corrected chi connectivity index (χ4v) is 3.83.